The Kier molecular flexibility index (Phi) is 5.47. The topological polar surface area (TPSA) is 38.5 Å². The quantitative estimate of drug-likeness (QED) is 0.913. The molecular formula is C16H25BrN2O. The molecule has 1 aromatic carbocycles. The summed E-state index contributed by atoms with van der Waals surface area (Å²) in [5.41, 5.74) is 8.59. The fourth-order valence-electron chi connectivity index (χ4n) is 2.71. The summed E-state index contributed by atoms with van der Waals surface area (Å²) in [6, 6.07) is 6.84. The molecule has 1 fully saturated rings. The average Bonchev–Trinajstić information content (AvgIpc) is 2.39. The Labute approximate surface area is 130 Å². The van der Waals surface area contributed by atoms with Crippen LogP contribution in [0.4, 0.5) is 5.69 Å². The van der Waals surface area contributed by atoms with Gasteiger partial charge in [0.2, 0.25) is 0 Å². The predicted octanol–water partition coefficient (Wildman–Crippen LogP) is 3.34. The van der Waals surface area contributed by atoms with Gasteiger partial charge in [0.25, 0.3) is 0 Å². The van der Waals surface area contributed by atoms with Crippen LogP contribution in [0.1, 0.15) is 32.8 Å². The Bertz CT molecular complexity index is 442. The van der Waals surface area contributed by atoms with E-state index >= 15 is 0 Å². The zero-order valence-corrected chi connectivity index (χ0v) is 14.2. The van der Waals surface area contributed by atoms with Crippen molar-refractivity contribution in [3.8, 4) is 0 Å². The molecule has 20 heavy (non-hydrogen) atoms. The van der Waals surface area contributed by atoms with Gasteiger partial charge in [-0.1, -0.05) is 28.9 Å². The van der Waals surface area contributed by atoms with Gasteiger partial charge in [0.1, 0.15) is 0 Å². The zero-order valence-electron chi connectivity index (χ0n) is 12.6. The van der Waals surface area contributed by atoms with Crippen LogP contribution < -0.4 is 10.6 Å². The Morgan fingerprint density at radius 1 is 1.35 bits per heavy atom. The second kappa shape index (κ2) is 6.92. The van der Waals surface area contributed by atoms with Crippen molar-refractivity contribution in [2.45, 2.75) is 51.9 Å². The maximum Gasteiger partial charge on any atom is 0.0726 e. The number of rotatable bonds is 4. The molecule has 0 bridgehead atoms. The van der Waals surface area contributed by atoms with E-state index in [2.05, 4.69) is 59.8 Å². The van der Waals surface area contributed by atoms with Gasteiger partial charge in [-0.15, -0.1) is 0 Å². The van der Waals surface area contributed by atoms with Crippen LogP contribution in [0.5, 0.6) is 0 Å². The third kappa shape index (κ3) is 3.96. The van der Waals surface area contributed by atoms with Gasteiger partial charge >= 0.3 is 0 Å². The molecule has 0 aromatic heterocycles. The smallest absolute Gasteiger partial charge is 0.0726 e. The SMILES string of the molecule is CCC(N)Cc1ccc(N2CC(C)OC(C)C2)cc1Br. The van der Waals surface area contributed by atoms with E-state index in [4.69, 9.17) is 10.5 Å². The van der Waals surface area contributed by atoms with Crippen molar-refractivity contribution in [2.24, 2.45) is 5.73 Å². The molecule has 1 aromatic rings. The highest BCUT2D eigenvalue weighted by atomic mass is 79.9. The number of morpholine rings is 1. The highest BCUT2D eigenvalue weighted by Crippen LogP contribution is 2.27. The fraction of sp³-hybridized carbons (Fsp3) is 0.625. The van der Waals surface area contributed by atoms with Crippen LogP contribution in [0, 0.1) is 0 Å². The maximum atomic E-state index is 6.04. The van der Waals surface area contributed by atoms with Gasteiger partial charge in [-0.05, 0) is 44.4 Å². The summed E-state index contributed by atoms with van der Waals surface area (Å²) in [7, 11) is 0. The number of benzene rings is 1. The summed E-state index contributed by atoms with van der Waals surface area (Å²) >= 11 is 3.69. The summed E-state index contributed by atoms with van der Waals surface area (Å²) in [5, 5.41) is 0. The summed E-state index contributed by atoms with van der Waals surface area (Å²) in [6.45, 7) is 8.29. The van der Waals surface area contributed by atoms with Crippen molar-refractivity contribution >= 4 is 21.6 Å². The van der Waals surface area contributed by atoms with Gasteiger partial charge < -0.3 is 15.4 Å². The first-order valence-electron chi connectivity index (χ1n) is 7.44. The number of hydrogen-bond acceptors (Lipinski definition) is 3. The van der Waals surface area contributed by atoms with Crippen molar-refractivity contribution in [2.75, 3.05) is 18.0 Å². The van der Waals surface area contributed by atoms with E-state index in [0.29, 0.717) is 0 Å². The largest absolute Gasteiger partial charge is 0.372 e. The molecule has 0 radical (unpaired) electrons. The molecular weight excluding hydrogens is 316 g/mol. The second-order valence-electron chi connectivity index (χ2n) is 5.81. The lowest BCUT2D eigenvalue weighted by Gasteiger charge is -2.37. The number of hydrogen-bond donors (Lipinski definition) is 1. The third-order valence-corrected chi connectivity index (χ3v) is 4.57. The molecule has 3 unspecified atom stereocenters. The van der Waals surface area contributed by atoms with Crippen LogP contribution in [0.3, 0.4) is 0 Å². The Morgan fingerprint density at radius 2 is 2.00 bits per heavy atom. The lowest BCUT2D eigenvalue weighted by atomic mass is 10.0. The number of anilines is 1. The van der Waals surface area contributed by atoms with Crippen LogP contribution in [0.2, 0.25) is 0 Å². The third-order valence-electron chi connectivity index (χ3n) is 3.83. The molecule has 0 aliphatic carbocycles. The molecule has 1 saturated heterocycles. The van der Waals surface area contributed by atoms with Crippen molar-refractivity contribution < 1.29 is 4.74 Å². The molecule has 0 spiro atoms. The first-order chi connectivity index (χ1) is 9.49. The standard InChI is InChI=1S/C16H25BrN2O/c1-4-14(18)7-13-5-6-15(8-16(13)17)19-9-11(2)20-12(3)10-19/h5-6,8,11-12,14H,4,7,9-10,18H2,1-3H3. The minimum atomic E-state index is 0.237. The Hall–Kier alpha value is -0.580. The summed E-state index contributed by atoms with van der Waals surface area (Å²) < 4.78 is 6.95. The van der Waals surface area contributed by atoms with Crippen LogP contribution in [-0.2, 0) is 11.2 Å². The molecule has 4 heteroatoms. The van der Waals surface area contributed by atoms with Crippen molar-refractivity contribution in [1.29, 1.82) is 0 Å². The van der Waals surface area contributed by atoms with Crippen LogP contribution in [-0.4, -0.2) is 31.3 Å². The first kappa shape index (κ1) is 15.8. The van der Waals surface area contributed by atoms with E-state index in [1.165, 1.54) is 11.3 Å². The predicted molar refractivity (Wildman–Crippen MR) is 88.3 cm³/mol. The highest BCUT2D eigenvalue weighted by molar-refractivity contribution is 9.10. The molecule has 3 atom stereocenters. The molecule has 1 aliphatic heterocycles. The number of ether oxygens (including phenoxy) is 1. The van der Waals surface area contributed by atoms with E-state index in [1.54, 1.807) is 0 Å². The lowest BCUT2D eigenvalue weighted by molar-refractivity contribution is -0.00521. The van der Waals surface area contributed by atoms with Gasteiger partial charge in [0.15, 0.2) is 0 Å². The summed E-state index contributed by atoms with van der Waals surface area (Å²) in [4.78, 5) is 2.40. The maximum absolute atomic E-state index is 6.04. The van der Waals surface area contributed by atoms with Crippen molar-refractivity contribution in [3.63, 3.8) is 0 Å². The van der Waals surface area contributed by atoms with Crippen LogP contribution >= 0.6 is 15.9 Å². The molecule has 1 aliphatic rings. The molecule has 112 valence electrons. The molecule has 2 N–H and O–H groups in total. The summed E-state index contributed by atoms with van der Waals surface area (Å²) in [6.07, 6.45) is 2.50. The van der Waals surface area contributed by atoms with E-state index < -0.39 is 0 Å². The van der Waals surface area contributed by atoms with E-state index in [-0.39, 0.29) is 18.2 Å². The highest BCUT2D eigenvalue weighted by Gasteiger charge is 2.22. The van der Waals surface area contributed by atoms with Gasteiger partial charge in [-0.2, -0.15) is 0 Å². The van der Waals surface area contributed by atoms with Gasteiger partial charge in [0.05, 0.1) is 12.2 Å². The number of nitrogens with zero attached hydrogens (tertiary/aromatic N) is 1. The Balaban J connectivity index is 2.12. The number of halogens is 1. The average molecular weight is 341 g/mol. The molecule has 0 saturated carbocycles. The zero-order chi connectivity index (χ0) is 14.7. The van der Waals surface area contributed by atoms with Crippen molar-refractivity contribution in [3.05, 3.63) is 28.2 Å². The van der Waals surface area contributed by atoms with E-state index in [9.17, 15) is 0 Å². The van der Waals surface area contributed by atoms with Gasteiger partial charge in [0, 0.05) is 29.3 Å². The molecule has 1 heterocycles. The number of nitrogens with two attached hydrogens (primary N) is 1. The fourth-order valence-corrected chi connectivity index (χ4v) is 3.24. The van der Waals surface area contributed by atoms with Crippen LogP contribution in [0.25, 0.3) is 0 Å². The lowest BCUT2D eigenvalue weighted by Crippen LogP contribution is -2.45. The van der Waals surface area contributed by atoms with Gasteiger partial charge in [-0.25, -0.2) is 0 Å². The normalized spacial score (nSPS) is 24.8. The second-order valence-corrected chi connectivity index (χ2v) is 6.66. The molecule has 0 amide bonds. The summed E-state index contributed by atoms with van der Waals surface area (Å²) in [5.74, 6) is 0. The van der Waals surface area contributed by atoms with Crippen molar-refractivity contribution in [1.82, 2.24) is 0 Å². The Morgan fingerprint density at radius 3 is 2.55 bits per heavy atom. The minimum Gasteiger partial charge on any atom is -0.372 e. The molecule has 2 rings (SSSR count). The van der Waals surface area contributed by atoms with E-state index in [0.717, 1.165) is 30.4 Å². The van der Waals surface area contributed by atoms with E-state index in [1.807, 2.05) is 0 Å². The first-order valence-corrected chi connectivity index (χ1v) is 8.23. The van der Waals surface area contributed by atoms with Crippen LogP contribution in [0.15, 0.2) is 22.7 Å². The van der Waals surface area contributed by atoms with Gasteiger partial charge in [-0.3, -0.25) is 0 Å². The molecule has 3 nitrogen and oxygen atoms in total. The minimum absolute atomic E-state index is 0.237. The monoisotopic (exact) mass is 340 g/mol.